The van der Waals surface area contributed by atoms with Gasteiger partial charge < -0.3 is 4.42 Å². The van der Waals surface area contributed by atoms with Crippen LogP contribution in [0.15, 0.2) is 46.9 Å². The summed E-state index contributed by atoms with van der Waals surface area (Å²) in [7, 11) is 0. The molecule has 0 amide bonds. The zero-order valence-corrected chi connectivity index (χ0v) is 13.5. The number of aldehydes is 1. The maximum Gasteiger partial charge on any atom is 0.150 e. The van der Waals surface area contributed by atoms with Gasteiger partial charge in [-0.05, 0) is 54.7 Å². The Hall–Kier alpha value is -2.06. The molecule has 1 heterocycles. The van der Waals surface area contributed by atoms with Gasteiger partial charge in [0.15, 0.2) is 0 Å². The SMILES string of the molecule is O=Cc1ccc(-c2cc3cc(C4CCCC4)ccc3o2)c(Cl)c1. The van der Waals surface area contributed by atoms with Crippen LogP contribution < -0.4 is 0 Å². The fraction of sp³-hybridized carbons (Fsp3) is 0.250. The topological polar surface area (TPSA) is 30.2 Å². The van der Waals surface area contributed by atoms with Crippen LogP contribution in [0.1, 0.15) is 47.5 Å². The first-order valence-corrected chi connectivity index (χ1v) is 8.41. The molecular weight excluding hydrogens is 308 g/mol. The van der Waals surface area contributed by atoms with Crippen LogP contribution in [-0.4, -0.2) is 6.29 Å². The van der Waals surface area contributed by atoms with E-state index in [2.05, 4.69) is 18.2 Å². The second kappa shape index (κ2) is 5.86. The molecule has 1 saturated carbocycles. The number of carbonyl (C=O) groups excluding carboxylic acids is 1. The van der Waals surface area contributed by atoms with Gasteiger partial charge in [0.25, 0.3) is 0 Å². The molecule has 0 aliphatic heterocycles. The highest BCUT2D eigenvalue weighted by Crippen LogP contribution is 2.37. The molecule has 0 atom stereocenters. The highest BCUT2D eigenvalue weighted by atomic mass is 35.5. The Morgan fingerprint density at radius 3 is 2.61 bits per heavy atom. The van der Waals surface area contributed by atoms with Crippen LogP contribution in [0.3, 0.4) is 0 Å². The van der Waals surface area contributed by atoms with Gasteiger partial charge in [0.1, 0.15) is 17.6 Å². The van der Waals surface area contributed by atoms with E-state index in [0.29, 0.717) is 16.5 Å². The van der Waals surface area contributed by atoms with Gasteiger partial charge in [-0.2, -0.15) is 0 Å². The monoisotopic (exact) mass is 324 g/mol. The van der Waals surface area contributed by atoms with Crippen molar-refractivity contribution in [2.24, 2.45) is 0 Å². The highest BCUT2D eigenvalue weighted by Gasteiger charge is 2.18. The first-order valence-electron chi connectivity index (χ1n) is 8.03. The van der Waals surface area contributed by atoms with Gasteiger partial charge in [0, 0.05) is 16.5 Å². The standard InChI is InChI=1S/C20H17ClO2/c21-18-9-13(12-22)5-7-17(18)20-11-16-10-15(6-8-19(16)23-20)14-3-1-2-4-14/h5-12,14H,1-4H2. The van der Waals surface area contributed by atoms with E-state index in [1.165, 1.54) is 31.2 Å². The van der Waals surface area contributed by atoms with Gasteiger partial charge >= 0.3 is 0 Å². The van der Waals surface area contributed by atoms with Crippen LogP contribution in [0, 0.1) is 0 Å². The van der Waals surface area contributed by atoms with Crippen molar-refractivity contribution in [3.05, 3.63) is 58.6 Å². The zero-order valence-electron chi connectivity index (χ0n) is 12.7. The maximum atomic E-state index is 10.8. The van der Waals surface area contributed by atoms with Crippen LogP contribution >= 0.6 is 11.6 Å². The van der Waals surface area contributed by atoms with Crippen molar-refractivity contribution in [3.8, 4) is 11.3 Å². The van der Waals surface area contributed by atoms with Crippen LogP contribution in [0.5, 0.6) is 0 Å². The fourth-order valence-electron chi connectivity index (χ4n) is 3.51. The lowest BCUT2D eigenvalue weighted by Gasteiger charge is -2.08. The quantitative estimate of drug-likeness (QED) is 0.535. The summed E-state index contributed by atoms with van der Waals surface area (Å²) in [6.07, 6.45) is 6.03. The van der Waals surface area contributed by atoms with Gasteiger partial charge in [-0.15, -0.1) is 0 Å². The Bertz CT molecular complexity index is 872. The molecule has 0 N–H and O–H groups in total. The normalized spacial score (nSPS) is 15.3. The Kier molecular flexibility index (Phi) is 3.70. The minimum atomic E-state index is 0.532. The number of fused-ring (bicyclic) bond motifs is 1. The van der Waals surface area contributed by atoms with Gasteiger partial charge in [0.2, 0.25) is 0 Å². The highest BCUT2D eigenvalue weighted by molar-refractivity contribution is 6.33. The molecule has 4 rings (SSSR count). The molecule has 0 radical (unpaired) electrons. The van der Waals surface area contributed by atoms with Crippen molar-refractivity contribution in [2.45, 2.75) is 31.6 Å². The predicted molar refractivity (Wildman–Crippen MR) is 93.3 cm³/mol. The van der Waals surface area contributed by atoms with Crippen molar-refractivity contribution in [1.29, 1.82) is 0 Å². The molecule has 3 aromatic rings. The Labute approximate surface area is 140 Å². The van der Waals surface area contributed by atoms with Gasteiger partial charge in [-0.3, -0.25) is 4.79 Å². The predicted octanol–water partition coefficient (Wildman–Crippen LogP) is 6.22. The smallest absolute Gasteiger partial charge is 0.150 e. The zero-order chi connectivity index (χ0) is 15.8. The number of hydrogen-bond acceptors (Lipinski definition) is 2. The summed E-state index contributed by atoms with van der Waals surface area (Å²) >= 11 is 6.29. The molecule has 1 aliphatic rings. The minimum absolute atomic E-state index is 0.532. The van der Waals surface area contributed by atoms with E-state index in [4.69, 9.17) is 16.0 Å². The molecule has 0 saturated heterocycles. The van der Waals surface area contributed by atoms with E-state index >= 15 is 0 Å². The summed E-state index contributed by atoms with van der Waals surface area (Å²) in [5, 5.41) is 1.64. The lowest BCUT2D eigenvalue weighted by Crippen LogP contribution is -1.90. The molecule has 0 unspecified atom stereocenters. The number of halogens is 1. The molecule has 1 aromatic heterocycles. The number of benzene rings is 2. The molecule has 23 heavy (non-hydrogen) atoms. The molecule has 0 bridgehead atoms. The van der Waals surface area contributed by atoms with Crippen molar-refractivity contribution in [3.63, 3.8) is 0 Å². The van der Waals surface area contributed by atoms with Gasteiger partial charge in [-0.25, -0.2) is 0 Å². The molecule has 0 spiro atoms. The molecule has 2 nitrogen and oxygen atoms in total. The average molecular weight is 325 g/mol. The van der Waals surface area contributed by atoms with E-state index in [-0.39, 0.29) is 0 Å². The summed E-state index contributed by atoms with van der Waals surface area (Å²) in [6.45, 7) is 0. The molecule has 1 fully saturated rings. The average Bonchev–Trinajstić information content (AvgIpc) is 3.23. The van der Waals surface area contributed by atoms with Crippen molar-refractivity contribution in [1.82, 2.24) is 0 Å². The Balaban J connectivity index is 1.75. The number of hydrogen-bond donors (Lipinski definition) is 0. The van der Waals surface area contributed by atoms with Gasteiger partial charge in [0.05, 0.1) is 5.02 Å². The third-order valence-electron chi connectivity index (χ3n) is 4.76. The van der Waals surface area contributed by atoms with E-state index in [1.807, 2.05) is 12.1 Å². The molecule has 2 aromatic carbocycles. The van der Waals surface area contributed by atoms with E-state index < -0.39 is 0 Å². The van der Waals surface area contributed by atoms with E-state index in [9.17, 15) is 4.79 Å². The fourth-order valence-corrected chi connectivity index (χ4v) is 3.79. The second-order valence-electron chi connectivity index (χ2n) is 6.25. The number of furan rings is 1. The Morgan fingerprint density at radius 2 is 1.87 bits per heavy atom. The van der Waals surface area contributed by atoms with Crippen LogP contribution in [0.25, 0.3) is 22.3 Å². The summed E-state index contributed by atoms with van der Waals surface area (Å²) in [5.41, 5.74) is 3.66. The van der Waals surface area contributed by atoms with Crippen molar-refractivity contribution < 1.29 is 9.21 Å². The largest absolute Gasteiger partial charge is 0.456 e. The van der Waals surface area contributed by atoms with E-state index in [0.717, 1.165) is 28.6 Å². The van der Waals surface area contributed by atoms with Gasteiger partial charge in [-0.1, -0.05) is 36.6 Å². The Morgan fingerprint density at radius 1 is 1.04 bits per heavy atom. The molecule has 1 aliphatic carbocycles. The third kappa shape index (κ3) is 2.68. The second-order valence-corrected chi connectivity index (χ2v) is 6.65. The first-order chi connectivity index (χ1) is 11.2. The summed E-state index contributed by atoms with van der Waals surface area (Å²) in [5.74, 6) is 1.43. The van der Waals surface area contributed by atoms with Crippen molar-refractivity contribution in [2.75, 3.05) is 0 Å². The lowest BCUT2D eigenvalue weighted by atomic mass is 9.96. The number of rotatable bonds is 3. The van der Waals surface area contributed by atoms with Crippen LogP contribution in [-0.2, 0) is 0 Å². The molecule has 116 valence electrons. The summed E-state index contributed by atoms with van der Waals surface area (Å²) in [6, 6.07) is 13.8. The summed E-state index contributed by atoms with van der Waals surface area (Å²) in [4.78, 5) is 10.8. The third-order valence-corrected chi connectivity index (χ3v) is 5.07. The molecule has 3 heteroatoms. The molecular formula is C20H17ClO2. The maximum absolute atomic E-state index is 10.8. The van der Waals surface area contributed by atoms with E-state index in [1.54, 1.807) is 12.1 Å². The summed E-state index contributed by atoms with van der Waals surface area (Å²) < 4.78 is 5.95. The van der Waals surface area contributed by atoms with Crippen LogP contribution in [0.4, 0.5) is 0 Å². The first kappa shape index (κ1) is 14.5. The lowest BCUT2D eigenvalue weighted by molar-refractivity contribution is 0.112. The number of carbonyl (C=O) groups is 1. The van der Waals surface area contributed by atoms with Crippen molar-refractivity contribution >= 4 is 28.9 Å². The van der Waals surface area contributed by atoms with Crippen LogP contribution in [0.2, 0.25) is 5.02 Å². The minimum Gasteiger partial charge on any atom is -0.456 e.